The van der Waals surface area contributed by atoms with E-state index in [0.29, 0.717) is 12.2 Å². The lowest BCUT2D eigenvalue weighted by molar-refractivity contribution is 0.0950. The van der Waals surface area contributed by atoms with E-state index in [9.17, 15) is 4.79 Å². The summed E-state index contributed by atoms with van der Waals surface area (Å²) in [5, 5.41) is 2.93. The summed E-state index contributed by atoms with van der Waals surface area (Å²) in [6.45, 7) is 0.561. The van der Waals surface area contributed by atoms with Crippen LogP contribution in [0.15, 0.2) is 67.0 Å². The number of fused-ring (bicyclic) bond motifs is 1. The van der Waals surface area contributed by atoms with Gasteiger partial charge < -0.3 is 10.1 Å². The Kier molecular flexibility index (Phi) is 4.89. The Morgan fingerprint density at radius 3 is 2.59 bits per heavy atom. The highest BCUT2D eigenvalue weighted by Gasteiger charge is 2.13. The van der Waals surface area contributed by atoms with Gasteiger partial charge in [0.2, 0.25) is 0 Å². The Morgan fingerprint density at radius 2 is 1.89 bits per heavy atom. The van der Waals surface area contributed by atoms with Crippen LogP contribution in [0.2, 0.25) is 0 Å². The second-order valence-corrected chi connectivity index (χ2v) is 7.14. The third kappa shape index (κ3) is 3.85. The fourth-order valence-corrected chi connectivity index (χ4v) is 3.82. The van der Waals surface area contributed by atoms with Crippen molar-refractivity contribution in [3.05, 3.63) is 78.2 Å². The van der Waals surface area contributed by atoms with Crippen molar-refractivity contribution in [2.24, 2.45) is 0 Å². The van der Waals surface area contributed by atoms with E-state index in [4.69, 9.17) is 4.74 Å². The van der Waals surface area contributed by atoms with Gasteiger partial charge in [-0.15, -0.1) is 0 Å². The molecule has 1 N–H and O–H groups in total. The number of aromatic nitrogens is 2. The maximum atomic E-state index is 12.4. The summed E-state index contributed by atoms with van der Waals surface area (Å²) in [7, 11) is 1.65. The maximum absolute atomic E-state index is 12.4. The number of hydrogen-bond donors (Lipinski definition) is 1. The van der Waals surface area contributed by atoms with E-state index in [0.717, 1.165) is 33.1 Å². The van der Waals surface area contributed by atoms with Gasteiger partial charge in [0.05, 0.1) is 12.0 Å². The molecule has 0 aliphatic heterocycles. The van der Waals surface area contributed by atoms with Crippen molar-refractivity contribution in [1.82, 2.24) is 14.7 Å². The lowest BCUT2D eigenvalue weighted by Gasteiger charge is -2.05. The highest BCUT2D eigenvalue weighted by Crippen LogP contribution is 2.28. The molecule has 0 unspecified atom stereocenters. The number of amides is 1. The van der Waals surface area contributed by atoms with Crippen LogP contribution in [-0.4, -0.2) is 28.9 Å². The minimum absolute atomic E-state index is 0.152. The predicted molar refractivity (Wildman–Crippen MR) is 108 cm³/mol. The monoisotopic (exact) mass is 377 g/mol. The molecule has 4 rings (SSSR count). The minimum Gasteiger partial charge on any atom is -0.497 e. The Labute approximate surface area is 161 Å². The van der Waals surface area contributed by atoms with Crippen LogP contribution < -0.4 is 10.1 Å². The maximum Gasteiger partial charge on any atom is 0.271 e. The standard InChI is InChI=1S/C21H19N3O2S/c1-26-17-9-7-15(8-10-17)11-12-22-20(25)18-13-24-14-19(27-21(24)23-18)16-5-3-2-4-6-16/h2-10,13-14H,11-12H2,1H3,(H,22,25). The quantitative estimate of drug-likeness (QED) is 0.552. The van der Waals surface area contributed by atoms with Gasteiger partial charge in [0.25, 0.3) is 5.91 Å². The number of nitrogens with one attached hydrogen (secondary N) is 1. The number of carbonyl (C=O) groups excluding carboxylic acids is 1. The normalized spacial score (nSPS) is 10.9. The molecule has 0 atom stereocenters. The summed E-state index contributed by atoms with van der Waals surface area (Å²) in [6, 6.07) is 18.0. The summed E-state index contributed by atoms with van der Waals surface area (Å²) in [4.78, 5) is 18.8. The van der Waals surface area contributed by atoms with Gasteiger partial charge in [-0.1, -0.05) is 53.8 Å². The SMILES string of the molecule is COc1ccc(CCNC(=O)c2cn3cc(-c4ccccc4)sc3n2)cc1. The second kappa shape index (κ2) is 7.63. The molecule has 2 aromatic carbocycles. The van der Waals surface area contributed by atoms with Crippen LogP contribution in [0.4, 0.5) is 0 Å². The summed E-state index contributed by atoms with van der Waals surface area (Å²) in [5.41, 5.74) is 2.74. The van der Waals surface area contributed by atoms with Crippen molar-refractivity contribution < 1.29 is 9.53 Å². The van der Waals surface area contributed by atoms with Crippen LogP contribution in [0.3, 0.4) is 0 Å². The number of ether oxygens (including phenoxy) is 1. The fourth-order valence-electron chi connectivity index (χ4n) is 2.84. The fraction of sp³-hybridized carbons (Fsp3) is 0.143. The van der Waals surface area contributed by atoms with E-state index < -0.39 is 0 Å². The second-order valence-electron chi connectivity index (χ2n) is 6.13. The average molecular weight is 377 g/mol. The van der Waals surface area contributed by atoms with Crippen molar-refractivity contribution >= 4 is 22.2 Å². The molecule has 4 aromatic rings. The molecule has 0 fully saturated rings. The lowest BCUT2D eigenvalue weighted by atomic mass is 10.1. The van der Waals surface area contributed by atoms with Gasteiger partial charge in [-0.3, -0.25) is 9.20 Å². The number of benzene rings is 2. The van der Waals surface area contributed by atoms with Crippen molar-refractivity contribution in [2.75, 3.05) is 13.7 Å². The van der Waals surface area contributed by atoms with E-state index in [1.54, 1.807) is 24.6 Å². The Morgan fingerprint density at radius 1 is 1.11 bits per heavy atom. The predicted octanol–water partition coefficient (Wildman–Crippen LogP) is 4.04. The van der Waals surface area contributed by atoms with Gasteiger partial charge in [0.1, 0.15) is 11.4 Å². The van der Waals surface area contributed by atoms with E-state index in [1.165, 1.54) is 0 Å². The first-order valence-corrected chi connectivity index (χ1v) is 9.49. The first-order valence-electron chi connectivity index (χ1n) is 8.68. The number of thiazole rings is 1. The number of methoxy groups -OCH3 is 1. The first kappa shape index (κ1) is 17.3. The number of rotatable bonds is 6. The first-order chi connectivity index (χ1) is 13.2. The van der Waals surface area contributed by atoms with Crippen molar-refractivity contribution in [2.45, 2.75) is 6.42 Å². The highest BCUT2D eigenvalue weighted by molar-refractivity contribution is 7.20. The topological polar surface area (TPSA) is 55.6 Å². The number of imidazole rings is 1. The van der Waals surface area contributed by atoms with Crippen molar-refractivity contribution in [3.8, 4) is 16.2 Å². The molecule has 136 valence electrons. The highest BCUT2D eigenvalue weighted by atomic mass is 32.1. The molecule has 0 saturated carbocycles. The summed E-state index contributed by atoms with van der Waals surface area (Å²) >= 11 is 1.57. The van der Waals surface area contributed by atoms with Crippen LogP contribution in [0.1, 0.15) is 16.1 Å². The van der Waals surface area contributed by atoms with E-state index >= 15 is 0 Å². The molecule has 6 heteroatoms. The van der Waals surface area contributed by atoms with E-state index in [1.807, 2.05) is 53.1 Å². The van der Waals surface area contributed by atoms with Gasteiger partial charge in [0.15, 0.2) is 4.96 Å². The van der Waals surface area contributed by atoms with Crippen LogP contribution in [0.25, 0.3) is 15.4 Å². The average Bonchev–Trinajstić information content (AvgIpc) is 3.28. The molecule has 0 radical (unpaired) electrons. The minimum atomic E-state index is -0.152. The molecular weight excluding hydrogens is 358 g/mol. The number of carbonyl (C=O) groups is 1. The molecule has 27 heavy (non-hydrogen) atoms. The summed E-state index contributed by atoms with van der Waals surface area (Å²) in [6.07, 6.45) is 4.55. The molecule has 0 saturated heterocycles. The summed E-state index contributed by atoms with van der Waals surface area (Å²) < 4.78 is 7.06. The lowest BCUT2D eigenvalue weighted by Crippen LogP contribution is -2.25. The van der Waals surface area contributed by atoms with Gasteiger partial charge in [0, 0.05) is 18.9 Å². The van der Waals surface area contributed by atoms with E-state index in [-0.39, 0.29) is 5.91 Å². The zero-order valence-electron chi connectivity index (χ0n) is 14.9. The van der Waals surface area contributed by atoms with Gasteiger partial charge in [-0.05, 0) is 29.7 Å². The Balaban J connectivity index is 1.38. The van der Waals surface area contributed by atoms with Crippen molar-refractivity contribution in [1.29, 1.82) is 0 Å². The molecule has 2 heterocycles. The van der Waals surface area contributed by atoms with E-state index in [2.05, 4.69) is 22.4 Å². The van der Waals surface area contributed by atoms with Gasteiger partial charge >= 0.3 is 0 Å². The molecule has 1 amide bonds. The molecule has 0 aliphatic rings. The number of hydrogen-bond acceptors (Lipinski definition) is 4. The number of nitrogens with zero attached hydrogens (tertiary/aromatic N) is 2. The third-order valence-electron chi connectivity index (χ3n) is 4.31. The van der Waals surface area contributed by atoms with Gasteiger partial charge in [-0.25, -0.2) is 4.98 Å². The molecule has 0 bridgehead atoms. The molecule has 2 aromatic heterocycles. The Hall–Kier alpha value is -3.12. The van der Waals surface area contributed by atoms with Crippen LogP contribution in [0.5, 0.6) is 5.75 Å². The zero-order valence-corrected chi connectivity index (χ0v) is 15.7. The van der Waals surface area contributed by atoms with Crippen LogP contribution in [0, 0.1) is 0 Å². The Bertz CT molecular complexity index is 1020. The molecule has 5 nitrogen and oxygen atoms in total. The van der Waals surface area contributed by atoms with Crippen molar-refractivity contribution in [3.63, 3.8) is 0 Å². The zero-order chi connectivity index (χ0) is 18.6. The smallest absolute Gasteiger partial charge is 0.271 e. The largest absolute Gasteiger partial charge is 0.497 e. The van der Waals surface area contributed by atoms with Crippen LogP contribution >= 0.6 is 11.3 Å². The summed E-state index contributed by atoms with van der Waals surface area (Å²) in [5.74, 6) is 0.677. The third-order valence-corrected chi connectivity index (χ3v) is 5.35. The van der Waals surface area contributed by atoms with Crippen LogP contribution in [-0.2, 0) is 6.42 Å². The van der Waals surface area contributed by atoms with Gasteiger partial charge in [-0.2, -0.15) is 0 Å². The molecular formula is C21H19N3O2S. The molecule has 0 aliphatic carbocycles. The molecule has 0 spiro atoms.